The van der Waals surface area contributed by atoms with E-state index in [-0.39, 0.29) is 0 Å². The van der Waals surface area contributed by atoms with Crippen molar-refractivity contribution in [2.24, 2.45) is 0 Å². The fourth-order valence-electron chi connectivity index (χ4n) is 9.24. The first-order valence-corrected chi connectivity index (χ1v) is 44.8. The number of nitrogens with zero attached hydrogens (tertiary/aromatic N) is 6. The molecule has 0 saturated heterocycles. The van der Waals surface area contributed by atoms with E-state index in [1.165, 1.54) is 89.8 Å². The topological polar surface area (TPSA) is 77.3 Å². The van der Waals surface area contributed by atoms with E-state index in [9.17, 15) is 0 Å². The Balaban J connectivity index is -0.000000179. The van der Waals surface area contributed by atoms with E-state index in [2.05, 4.69) is 373 Å². The molecule has 2 aromatic carbocycles. The first-order chi connectivity index (χ1) is 52.9. The van der Waals surface area contributed by atoms with Crippen molar-refractivity contribution in [2.75, 3.05) is 0 Å². The Labute approximate surface area is 701 Å². The summed E-state index contributed by atoms with van der Waals surface area (Å²) in [5.41, 5.74) is 21.0. The number of hydrogen-bond acceptors (Lipinski definition) is 6. The van der Waals surface area contributed by atoms with Crippen LogP contribution in [0.4, 0.5) is 0 Å². The lowest BCUT2D eigenvalue weighted by Crippen LogP contribution is -1.98. The van der Waals surface area contributed by atoms with E-state index < -0.39 is 0 Å². The number of aromatic nitrogens is 6. The van der Waals surface area contributed by atoms with Crippen LogP contribution in [0.25, 0.3) is 0 Å². The van der Waals surface area contributed by atoms with Crippen molar-refractivity contribution in [3.8, 4) is 0 Å². The van der Waals surface area contributed by atoms with Crippen LogP contribution in [0.15, 0.2) is 159 Å². The highest BCUT2D eigenvalue weighted by Gasteiger charge is 2.10. The summed E-state index contributed by atoms with van der Waals surface area (Å²) in [6.45, 7) is 102. The molecule has 0 radical (unpaired) electrons. The molecule has 0 bridgehead atoms. The van der Waals surface area contributed by atoms with Crippen LogP contribution in [-0.4, -0.2) is 29.9 Å². The third kappa shape index (κ3) is 57.4. The lowest BCUT2D eigenvalue weighted by Gasteiger charge is -2.09. The Hall–Kier alpha value is -6.66. The number of benzene rings is 2. The summed E-state index contributed by atoms with van der Waals surface area (Å²) in [7, 11) is 0. The van der Waals surface area contributed by atoms with Gasteiger partial charge in [0.25, 0.3) is 0 Å². The molecule has 0 atom stereocenters. The first kappa shape index (κ1) is 121. The third-order valence-electron chi connectivity index (χ3n) is 16.9. The largest absolute Gasteiger partial charge is 0.264 e. The molecule has 0 aliphatic heterocycles. The van der Waals surface area contributed by atoms with Gasteiger partial charge >= 0.3 is 0 Å². The average molecular weight is 1540 g/mol. The minimum Gasteiger partial charge on any atom is -0.264 e. The van der Waals surface area contributed by atoms with Gasteiger partial charge in [0.05, 0.1) is 0 Å². The second-order valence-electron chi connectivity index (χ2n) is 30.9. The van der Waals surface area contributed by atoms with Crippen molar-refractivity contribution < 1.29 is 0 Å². The van der Waals surface area contributed by atoms with Gasteiger partial charge in [-0.2, -0.15) is 0 Å². The van der Waals surface area contributed by atoms with Crippen LogP contribution in [0, 0.1) is 0 Å². The standard InChI is InChI=1S/2C12H18.6C11H17N.8C2H6/c1-9(2)11-5-7-12(8-6-11)10(3)4;1-9(2)11-6-5-7-12(8-11)10(3)4;1-8(2)10-5-11(9(3)4)7-12-6-10;2*1-8(2)10-5-6-12-11(7-10)9(3)4;2*1-8(2)10-5-6-11(9(3)4)12-7-10;1-8(2)10-6-5-7-11(12-10)9(3)4;8*1-2/h2*5-10H,1-4H3;6*5-9H,1-4H3;8*1-2H3. The van der Waals surface area contributed by atoms with Gasteiger partial charge in [-0.15, -0.1) is 0 Å². The molecule has 0 aliphatic rings. The summed E-state index contributed by atoms with van der Waals surface area (Å²) in [5.74, 6) is 9.29. The monoisotopic (exact) mass is 1540 g/mol. The first-order valence-electron chi connectivity index (χ1n) is 44.8. The Morgan fingerprint density at radius 1 is 0.161 bits per heavy atom. The molecule has 0 amide bonds. The molecule has 0 fully saturated rings. The second kappa shape index (κ2) is 75.7. The van der Waals surface area contributed by atoms with Crippen molar-refractivity contribution in [3.63, 3.8) is 0 Å². The van der Waals surface area contributed by atoms with E-state index in [1.807, 2.05) is 148 Å². The maximum absolute atomic E-state index is 4.57. The van der Waals surface area contributed by atoms with Crippen LogP contribution in [0.1, 0.15) is 517 Å². The summed E-state index contributed by atoms with van der Waals surface area (Å²) < 4.78 is 0. The molecule has 6 heteroatoms. The zero-order valence-corrected chi connectivity index (χ0v) is 82.9. The normalized spacial score (nSPS) is 10.0. The highest BCUT2D eigenvalue weighted by molar-refractivity contribution is 5.29. The van der Waals surface area contributed by atoms with Gasteiger partial charge in [0, 0.05) is 71.3 Å². The molecule has 8 rings (SSSR count). The maximum Gasteiger partial charge on any atom is 0.0432 e. The fourth-order valence-corrected chi connectivity index (χ4v) is 9.24. The zero-order chi connectivity index (χ0) is 89.1. The zero-order valence-electron chi connectivity index (χ0n) is 82.9. The minimum absolute atomic E-state index is 0.531. The SMILES string of the molecule is CC.CC.CC.CC.CC.CC.CC.CC.CC(C)c1ccc(C(C)C)cc1.CC(C)c1ccc(C(C)C)nc1.CC(C)c1ccc(C(C)C)nc1.CC(C)c1cccc(C(C)C)c1.CC(C)c1cccc(C(C)C)n1.CC(C)c1ccnc(C(C)C)c1.CC(C)c1ccnc(C(C)C)c1.CC(C)c1cncc(C(C)C)c1. The molecule has 6 aromatic heterocycles. The molecule has 6 heterocycles. The van der Waals surface area contributed by atoms with Gasteiger partial charge in [-0.05, 0) is 199 Å². The molecule has 0 aliphatic carbocycles. The van der Waals surface area contributed by atoms with Crippen LogP contribution in [-0.2, 0) is 0 Å². The van der Waals surface area contributed by atoms with E-state index in [4.69, 9.17) is 0 Å². The molecule has 0 unspecified atom stereocenters. The second-order valence-corrected chi connectivity index (χ2v) is 30.9. The molecule has 6 nitrogen and oxygen atoms in total. The Morgan fingerprint density at radius 2 is 0.375 bits per heavy atom. The highest BCUT2D eigenvalue weighted by Crippen LogP contribution is 2.25. The van der Waals surface area contributed by atoms with Gasteiger partial charge in [-0.1, -0.05) is 405 Å². The van der Waals surface area contributed by atoms with Gasteiger partial charge in [0.1, 0.15) is 0 Å². The van der Waals surface area contributed by atoms with Gasteiger partial charge in [0.15, 0.2) is 0 Å². The highest BCUT2D eigenvalue weighted by atomic mass is 14.7. The van der Waals surface area contributed by atoms with E-state index >= 15 is 0 Å². The number of hydrogen-bond donors (Lipinski definition) is 0. The Kier molecular flexibility index (Phi) is 81.8. The summed E-state index contributed by atoms with van der Waals surface area (Å²) >= 11 is 0. The van der Waals surface area contributed by atoms with Crippen molar-refractivity contribution in [3.05, 3.63) is 248 Å². The molecule has 0 saturated carbocycles. The van der Waals surface area contributed by atoms with Crippen molar-refractivity contribution in [1.29, 1.82) is 0 Å². The van der Waals surface area contributed by atoms with Gasteiger partial charge in [0.2, 0.25) is 0 Å². The average Bonchev–Trinajstić information content (AvgIpc) is 0.893. The molecular weight excluding hydrogens is 1360 g/mol. The van der Waals surface area contributed by atoms with Gasteiger partial charge in [-0.25, -0.2) is 0 Å². The number of rotatable bonds is 16. The van der Waals surface area contributed by atoms with Crippen molar-refractivity contribution in [1.82, 2.24) is 29.9 Å². The van der Waals surface area contributed by atoms with E-state index in [0.717, 1.165) is 0 Å². The molecule has 640 valence electrons. The summed E-state index contributed by atoms with van der Waals surface area (Å²) in [6.07, 6.45) is 11.7. The predicted octanol–water partition coefficient (Wildman–Crippen LogP) is 36.0. The van der Waals surface area contributed by atoms with Crippen LogP contribution in [0.3, 0.4) is 0 Å². The van der Waals surface area contributed by atoms with E-state index in [1.54, 1.807) is 0 Å². The molecular formula is C106H186N6. The summed E-state index contributed by atoms with van der Waals surface area (Å²) in [4.78, 5) is 26.2. The lowest BCUT2D eigenvalue weighted by atomic mass is 9.96. The summed E-state index contributed by atoms with van der Waals surface area (Å²) in [6, 6.07) is 43.6. The lowest BCUT2D eigenvalue weighted by molar-refractivity contribution is 0.765. The third-order valence-corrected chi connectivity index (χ3v) is 16.9. The Morgan fingerprint density at radius 3 is 0.589 bits per heavy atom. The molecule has 0 spiro atoms. The van der Waals surface area contributed by atoms with Crippen molar-refractivity contribution in [2.45, 2.75) is 427 Å². The van der Waals surface area contributed by atoms with Crippen LogP contribution in [0.5, 0.6) is 0 Å². The molecule has 0 N–H and O–H groups in total. The molecule has 8 aromatic rings. The van der Waals surface area contributed by atoms with E-state index in [0.29, 0.717) is 94.7 Å². The quantitative estimate of drug-likeness (QED) is 0.0959. The van der Waals surface area contributed by atoms with Gasteiger partial charge in [-0.3, -0.25) is 29.9 Å². The van der Waals surface area contributed by atoms with Crippen LogP contribution >= 0.6 is 0 Å². The van der Waals surface area contributed by atoms with Gasteiger partial charge < -0.3 is 0 Å². The maximum atomic E-state index is 4.57. The van der Waals surface area contributed by atoms with Crippen molar-refractivity contribution >= 4 is 0 Å². The smallest absolute Gasteiger partial charge is 0.0432 e. The Bertz CT molecular complexity index is 2630. The van der Waals surface area contributed by atoms with Crippen LogP contribution < -0.4 is 0 Å². The summed E-state index contributed by atoms with van der Waals surface area (Å²) in [5, 5.41) is 0. The number of pyridine rings is 6. The molecule has 112 heavy (non-hydrogen) atoms. The fraction of sp³-hybridized carbons (Fsp3) is 0.604. The van der Waals surface area contributed by atoms with Crippen LogP contribution in [0.2, 0.25) is 0 Å². The predicted molar refractivity (Wildman–Crippen MR) is 515 cm³/mol. The minimum atomic E-state index is 0.531.